The Morgan fingerprint density at radius 1 is 0.650 bits per heavy atom. The van der Waals surface area contributed by atoms with Crippen LogP contribution < -0.4 is 0 Å². The van der Waals surface area contributed by atoms with Gasteiger partial charge in [0.05, 0.1) is 0 Å². The molecule has 0 unspecified atom stereocenters. The van der Waals surface area contributed by atoms with Gasteiger partial charge in [-0.1, -0.05) is 74.5 Å². The molecule has 0 aromatic rings. The van der Waals surface area contributed by atoms with E-state index in [0.29, 0.717) is 23.3 Å². The molecule has 2 fully saturated rings. The Morgan fingerprint density at radius 3 is 1.30 bits per heavy atom. The maximum atomic E-state index is 9.28. The van der Waals surface area contributed by atoms with Gasteiger partial charge in [-0.2, -0.15) is 0 Å². The second kappa shape index (κ2) is 8.28. The van der Waals surface area contributed by atoms with Gasteiger partial charge < -0.3 is 10.4 Å². The van der Waals surface area contributed by atoms with E-state index in [1.165, 1.54) is 64.2 Å². The first kappa shape index (κ1) is 15.3. The van der Waals surface area contributed by atoms with Gasteiger partial charge in [0.15, 0.2) is 0 Å². The molecule has 20 heavy (non-hydrogen) atoms. The van der Waals surface area contributed by atoms with Crippen LogP contribution in [-0.2, 0) is 0 Å². The zero-order valence-corrected chi connectivity index (χ0v) is 12.4. The molecule has 0 spiro atoms. The Balaban J connectivity index is 1.89. The van der Waals surface area contributed by atoms with Gasteiger partial charge in [0, 0.05) is 0 Å². The van der Waals surface area contributed by atoms with Crippen LogP contribution in [0.15, 0.2) is 10.3 Å². The van der Waals surface area contributed by atoms with Gasteiger partial charge in [0.2, 0.25) is 0 Å². The highest BCUT2D eigenvalue weighted by molar-refractivity contribution is 6.42. The van der Waals surface area contributed by atoms with Crippen LogP contribution >= 0.6 is 0 Å². The van der Waals surface area contributed by atoms with Crippen LogP contribution in [0.2, 0.25) is 0 Å². The van der Waals surface area contributed by atoms with Crippen molar-refractivity contribution in [3.63, 3.8) is 0 Å². The van der Waals surface area contributed by atoms with Crippen LogP contribution in [0.3, 0.4) is 0 Å². The lowest BCUT2D eigenvalue weighted by atomic mass is 9.81. The largest absolute Gasteiger partial charge is 0.411 e. The third kappa shape index (κ3) is 4.50. The van der Waals surface area contributed by atoms with E-state index >= 15 is 0 Å². The van der Waals surface area contributed by atoms with Gasteiger partial charge in [-0.15, -0.1) is 0 Å². The summed E-state index contributed by atoms with van der Waals surface area (Å²) in [5.41, 5.74) is 1.23. The molecule has 4 heteroatoms. The first-order valence-electron chi connectivity index (χ1n) is 8.25. The predicted octanol–water partition coefficient (Wildman–Crippen LogP) is 4.59. The van der Waals surface area contributed by atoms with Crippen LogP contribution in [0.5, 0.6) is 0 Å². The number of oxime groups is 2. The molecular weight excluding hydrogens is 252 g/mol. The molecule has 0 aliphatic heterocycles. The first-order valence-corrected chi connectivity index (χ1v) is 8.25. The zero-order valence-electron chi connectivity index (χ0n) is 12.4. The van der Waals surface area contributed by atoms with Gasteiger partial charge in [-0.25, -0.2) is 0 Å². The van der Waals surface area contributed by atoms with Gasteiger partial charge in [0.1, 0.15) is 11.4 Å². The smallest absolute Gasteiger partial charge is 0.105 e. The molecule has 114 valence electrons. The summed E-state index contributed by atoms with van der Waals surface area (Å²) in [6.07, 6.45) is 14.1. The minimum atomic E-state index is 0.595. The molecule has 2 aliphatic rings. The Morgan fingerprint density at radius 2 is 1.00 bits per heavy atom. The van der Waals surface area contributed by atoms with Crippen molar-refractivity contribution in [1.29, 1.82) is 0 Å². The second-order valence-corrected chi connectivity index (χ2v) is 6.51. The molecule has 0 saturated heterocycles. The molecule has 2 aliphatic carbocycles. The van der Waals surface area contributed by atoms with Gasteiger partial charge in [-0.3, -0.25) is 0 Å². The molecule has 0 heterocycles. The van der Waals surface area contributed by atoms with E-state index in [-0.39, 0.29) is 0 Å². The first-order chi connectivity index (χ1) is 9.83. The van der Waals surface area contributed by atoms with E-state index in [4.69, 9.17) is 0 Å². The Hall–Kier alpha value is -1.06. The number of hydrogen-bond acceptors (Lipinski definition) is 4. The van der Waals surface area contributed by atoms with Crippen LogP contribution in [0, 0.1) is 11.8 Å². The summed E-state index contributed by atoms with van der Waals surface area (Å²) in [4.78, 5) is 0. The summed E-state index contributed by atoms with van der Waals surface area (Å²) >= 11 is 0. The molecule has 2 rings (SSSR count). The molecule has 0 aromatic carbocycles. The molecule has 0 bridgehead atoms. The van der Waals surface area contributed by atoms with E-state index in [2.05, 4.69) is 10.3 Å². The predicted molar refractivity (Wildman–Crippen MR) is 80.8 cm³/mol. The number of hydrogen-bond donors (Lipinski definition) is 2. The fourth-order valence-corrected chi connectivity index (χ4v) is 3.76. The molecule has 4 nitrogen and oxygen atoms in total. The van der Waals surface area contributed by atoms with Crippen molar-refractivity contribution < 1.29 is 10.4 Å². The highest BCUT2D eigenvalue weighted by Crippen LogP contribution is 2.29. The van der Waals surface area contributed by atoms with E-state index in [1.54, 1.807) is 0 Å². The number of nitrogens with zero attached hydrogens (tertiary/aromatic N) is 2. The van der Waals surface area contributed by atoms with Crippen LogP contribution in [0.4, 0.5) is 0 Å². The van der Waals surface area contributed by atoms with E-state index in [1.807, 2.05) is 0 Å². The fourth-order valence-electron chi connectivity index (χ4n) is 3.76. The minimum Gasteiger partial charge on any atom is -0.411 e. The maximum Gasteiger partial charge on any atom is 0.105 e. The monoisotopic (exact) mass is 280 g/mol. The summed E-state index contributed by atoms with van der Waals surface area (Å²) in [5, 5.41) is 25.5. The van der Waals surface area contributed by atoms with E-state index in [0.717, 1.165) is 12.8 Å². The summed E-state index contributed by atoms with van der Waals surface area (Å²) in [5.74, 6) is 1.19. The third-order valence-electron chi connectivity index (χ3n) is 4.99. The molecule has 2 N–H and O–H groups in total. The Labute approximate surface area is 121 Å². The molecule has 0 radical (unpaired) electrons. The van der Waals surface area contributed by atoms with Crippen molar-refractivity contribution in [3.05, 3.63) is 0 Å². The van der Waals surface area contributed by atoms with Gasteiger partial charge >= 0.3 is 0 Å². The van der Waals surface area contributed by atoms with Crippen LogP contribution in [-0.4, -0.2) is 21.8 Å². The summed E-state index contributed by atoms with van der Waals surface area (Å²) in [6.45, 7) is 0. The lowest BCUT2D eigenvalue weighted by Gasteiger charge is -2.24. The van der Waals surface area contributed by atoms with Crippen molar-refractivity contribution in [2.24, 2.45) is 22.1 Å². The van der Waals surface area contributed by atoms with Gasteiger partial charge in [-0.05, 0) is 24.7 Å². The van der Waals surface area contributed by atoms with Crippen molar-refractivity contribution in [2.45, 2.75) is 77.0 Å². The lowest BCUT2D eigenvalue weighted by Crippen LogP contribution is -2.23. The third-order valence-corrected chi connectivity index (χ3v) is 4.99. The summed E-state index contributed by atoms with van der Waals surface area (Å²) in [7, 11) is 0. The Kier molecular flexibility index (Phi) is 6.34. The normalized spacial score (nSPS) is 24.0. The lowest BCUT2D eigenvalue weighted by molar-refractivity contribution is 0.304. The summed E-state index contributed by atoms with van der Waals surface area (Å²) < 4.78 is 0. The van der Waals surface area contributed by atoms with E-state index < -0.39 is 0 Å². The topological polar surface area (TPSA) is 65.2 Å². The molecule has 0 amide bonds. The van der Waals surface area contributed by atoms with Crippen molar-refractivity contribution in [1.82, 2.24) is 0 Å². The molecule has 2 saturated carbocycles. The molecule has 0 atom stereocenters. The molecule has 0 aromatic heterocycles. The number of rotatable bonds is 5. The van der Waals surface area contributed by atoms with Crippen LogP contribution in [0.1, 0.15) is 77.0 Å². The molecular formula is C16H28N2O2. The zero-order chi connectivity index (χ0) is 14.2. The highest BCUT2D eigenvalue weighted by atomic mass is 16.4. The quantitative estimate of drug-likeness (QED) is 0.439. The van der Waals surface area contributed by atoms with Crippen molar-refractivity contribution >= 4 is 11.4 Å². The van der Waals surface area contributed by atoms with E-state index in [9.17, 15) is 10.4 Å². The average Bonchev–Trinajstić information content (AvgIpc) is 2.52. The second-order valence-electron chi connectivity index (χ2n) is 6.51. The van der Waals surface area contributed by atoms with Crippen LogP contribution in [0.25, 0.3) is 0 Å². The average molecular weight is 280 g/mol. The fraction of sp³-hybridized carbons (Fsp3) is 0.875. The SMILES string of the molecule is O/N=C(CC1CCCCC1)\C(CC1CCCCC1)=N/O. The van der Waals surface area contributed by atoms with Crippen molar-refractivity contribution in [2.75, 3.05) is 0 Å². The highest BCUT2D eigenvalue weighted by Gasteiger charge is 2.23. The Bertz CT molecular complexity index is 306. The standard InChI is InChI=1S/C16H28N2O2/c19-17-15(11-13-7-3-1-4-8-13)16(18-20)12-14-9-5-2-6-10-14/h13-14,19-20H,1-12H2/b17-15-,18-16-. The maximum absolute atomic E-state index is 9.28. The minimum absolute atomic E-state index is 0.595. The summed E-state index contributed by atoms with van der Waals surface area (Å²) in [6, 6.07) is 0. The van der Waals surface area contributed by atoms with Gasteiger partial charge in [0.25, 0.3) is 0 Å². The van der Waals surface area contributed by atoms with Crippen molar-refractivity contribution in [3.8, 4) is 0 Å².